The van der Waals surface area contributed by atoms with Gasteiger partial charge in [-0.1, -0.05) is 41.9 Å². The molecule has 3 amide bonds. The summed E-state index contributed by atoms with van der Waals surface area (Å²) in [6.45, 7) is 1.19. The maximum Gasteiger partial charge on any atom is 0.319 e. The topological polar surface area (TPSA) is 70.7 Å². The number of likely N-dealkylation sites (tertiary alicyclic amines) is 1. The number of carbonyl (C=O) groups excluding carboxylic acids is 2. The average Bonchev–Trinajstić information content (AvgIpc) is 2.85. The molecule has 1 saturated heterocycles. The van der Waals surface area contributed by atoms with Gasteiger partial charge in [0.05, 0.1) is 7.11 Å². The molecular weight excluding hydrogens is 438 g/mol. The highest BCUT2D eigenvalue weighted by molar-refractivity contribution is 6.30. The second-order valence-electron chi connectivity index (χ2n) is 7.95. The van der Waals surface area contributed by atoms with Crippen molar-refractivity contribution in [1.29, 1.82) is 0 Å². The largest absolute Gasteiger partial charge is 0.496 e. The lowest BCUT2D eigenvalue weighted by atomic mass is 10.0. The summed E-state index contributed by atoms with van der Waals surface area (Å²) in [6.07, 6.45) is 1.41. The van der Waals surface area contributed by atoms with Gasteiger partial charge in [-0.2, -0.15) is 0 Å². The summed E-state index contributed by atoms with van der Waals surface area (Å²) in [5, 5.41) is 6.41. The maximum absolute atomic E-state index is 13.0. The van der Waals surface area contributed by atoms with E-state index in [0.29, 0.717) is 42.2 Å². The van der Waals surface area contributed by atoms with Crippen LogP contribution in [0.4, 0.5) is 10.5 Å². The van der Waals surface area contributed by atoms with Crippen molar-refractivity contribution in [3.05, 3.63) is 83.4 Å². The molecule has 6 nitrogen and oxygen atoms in total. The summed E-state index contributed by atoms with van der Waals surface area (Å²) in [6, 6.07) is 22.1. The predicted octanol–water partition coefficient (Wildman–Crippen LogP) is 5.44. The van der Waals surface area contributed by atoms with Gasteiger partial charge in [0.2, 0.25) is 0 Å². The Bertz CT molecular complexity index is 1110. The van der Waals surface area contributed by atoms with Crippen molar-refractivity contribution in [3.8, 4) is 16.9 Å². The Labute approximate surface area is 198 Å². The first kappa shape index (κ1) is 22.7. The van der Waals surface area contributed by atoms with Crippen molar-refractivity contribution in [3.63, 3.8) is 0 Å². The third kappa shape index (κ3) is 5.65. The molecule has 4 rings (SSSR count). The van der Waals surface area contributed by atoms with E-state index in [1.54, 1.807) is 31.4 Å². The number of hydrogen-bond acceptors (Lipinski definition) is 3. The fourth-order valence-corrected chi connectivity index (χ4v) is 4.10. The molecule has 1 aliphatic heterocycles. The quantitative estimate of drug-likeness (QED) is 0.529. The number of hydrogen-bond donors (Lipinski definition) is 2. The minimum Gasteiger partial charge on any atom is -0.496 e. The summed E-state index contributed by atoms with van der Waals surface area (Å²) < 4.78 is 5.43. The zero-order chi connectivity index (χ0) is 23.2. The fourth-order valence-electron chi connectivity index (χ4n) is 3.97. The van der Waals surface area contributed by atoms with Gasteiger partial charge in [-0.15, -0.1) is 0 Å². The number of nitrogens with one attached hydrogen (secondary N) is 2. The number of nitrogens with zero attached hydrogens (tertiary/aromatic N) is 1. The Morgan fingerprint density at radius 3 is 2.27 bits per heavy atom. The Kier molecular flexibility index (Phi) is 7.15. The van der Waals surface area contributed by atoms with Gasteiger partial charge < -0.3 is 20.3 Å². The average molecular weight is 464 g/mol. The molecule has 0 saturated carbocycles. The summed E-state index contributed by atoms with van der Waals surface area (Å²) in [5.41, 5.74) is 3.32. The summed E-state index contributed by atoms with van der Waals surface area (Å²) in [7, 11) is 1.65. The van der Waals surface area contributed by atoms with Crippen LogP contribution >= 0.6 is 11.6 Å². The predicted molar refractivity (Wildman–Crippen MR) is 131 cm³/mol. The van der Waals surface area contributed by atoms with E-state index in [-0.39, 0.29) is 18.0 Å². The van der Waals surface area contributed by atoms with E-state index >= 15 is 0 Å². The zero-order valence-corrected chi connectivity index (χ0v) is 19.1. The molecule has 0 aromatic heterocycles. The highest BCUT2D eigenvalue weighted by Gasteiger charge is 2.24. The number of rotatable bonds is 5. The number of benzene rings is 3. The van der Waals surface area contributed by atoms with Gasteiger partial charge in [0.1, 0.15) is 5.75 Å². The molecule has 1 heterocycles. The highest BCUT2D eigenvalue weighted by Crippen LogP contribution is 2.29. The Balaban J connectivity index is 1.30. The summed E-state index contributed by atoms with van der Waals surface area (Å²) in [5.74, 6) is 0.803. The third-order valence-corrected chi connectivity index (χ3v) is 6.02. The van der Waals surface area contributed by atoms with Gasteiger partial charge in [-0.05, 0) is 60.9 Å². The van der Waals surface area contributed by atoms with Crippen molar-refractivity contribution in [1.82, 2.24) is 10.2 Å². The Morgan fingerprint density at radius 1 is 0.939 bits per heavy atom. The summed E-state index contributed by atoms with van der Waals surface area (Å²) >= 11 is 5.87. The van der Waals surface area contributed by atoms with E-state index in [1.165, 1.54) is 0 Å². The fraction of sp³-hybridized carbons (Fsp3) is 0.231. The lowest BCUT2D eigenvalue weighted by Crippen LogP contribution is -2.47. The second-order valence-corrected chi connectivity index (χ2v) is 8.39. The van der Waals surface area contributed by atoms with Crippen LogP contribution in [-0.4, -0.2) is 43.1 Å². The van der Waals surface area contributed by atoms with E-state index in [4.69, 9.17) is 16.3 Å². The number of carbonyl (C=O) groups is 2. The molecule has 170 valence electrons. The molecule has 0 radical (unpaired) electrons. The van der Waals surface area contributed by atoms with E-state index in [1.807, 2.05) is 53.4 Å². The molecule has 0 aliphatic carbocycles. The van der Waals surface area contributed by atoms with Crippen LogP contribution in [0.25, 0.3) is 11.1 Å². The second kappa shape index (κ2) is 10.4. The highest BCUT2D eigenvalue weighted by atomic mass is 35.5. The number of methoxy groups -OCH3 is 1. The number of anilines is 1. The van der Waals surface area contributed by atoms with Gasteiger partial charge in [0.25, 0.3) is 5.91 Å². The van der Waals surface area contributed by atoms with Crippen LogP contribution in [0.2, 0.25) is 5.02 Å². The molecule has 0 bridgehead atoms. The molecule has 33 heavy (non-hydrogen) atoms. The van der Waals surface area contributed by atoms with E-state index in [9.17, 15) is 9.59 Å². The van der Waals surface area contributed by atoms with Crippen molar-refractivity contribution >= 4 is 29.2 Å². The van der Waals surface area contributed by atoms with Crippen LogP contribution in [-0.2, 0) is 0 Å². The number of para-hydroxylation sites is 1. The molecule has 1 fully saturated rings. The third-order valence-electron chi connectivity index (χ3n) is 5.77. The summed E-state index contributed by atoms with van der Waals surface area (Å²) in [4.78, 5) is 27.1. The van der Waals surface area contributed by atoms with E-state index in [0.717, 1.165) is 16.9 Å². The molecule has 0 atom stereocenters. The van der Waals surface area contributed by atoms with Crippen molar-refractivity contribution in [2.75, 3.05) is 25.5 Å². The molecule has 7 heteroatoms. The minimum atomic E-state index is -0.256. The molecule has 1 aliphatic rings. The first-order valence-corrected chi connectivity index (χ1v) is 11.3. The maximum atomic E-state index is 13.0. The van der Waals surface area contributed by atoms with Crippen LogP contribution in [0.5, 0.6) is 5.75 Å². The van der Waals surface area contributed by atoms with E-state index < -0.39 is 0 Å². The van der Waals surface area contributed by atoms with Gasteiger partial charge in [-0.3, -0.25) is 4.79 Å². The Morgan fingerprint density at radius 2 is 1.61 bits per heavy atom. The minimum absolute atomic E-state index is 0.00522. The number of piperidine rings is 1. The van der Waals surface area contributed by atoms with Gasteiger partial charge in [0, 0.05) is 41.0 Å². The normalized spacial score (nSPS) is 13.9. The van der Waals surface area contributed by atoms with Gasteiger partial charge in [-0.25, -0.2) is 4.79 Å². The van der Waals surface area contributed by atoms with Gasteiger partial charge >= 0.3 is 6.03 Å². The lowest BCUT2D eigenvalue weighted by Gasteiger charge is -2.32. The molecular formula is C26H26ClN3O3. The van der Waals surface area contributed by atoms with Crippen molar-refractivity contribution in [2.24, 2.45) is 0 Å². The Hall–Kier alpha value is -3.51. The monoisotopic (exact) mass is 463 g/mol. The SMILES string of the molecule is COc1ccccc1-c1ccc(C(=O)N2CCC(NC(=O)Nc3ccc(Cl)cc3)CC2)cc1. The number of amides is 3. The number of urea groups is 1. The standard InChI is InChI=1S/C26H26ClN3O3/c1-33-24-5-3-2-4-23(24)18-6-8-19(9-7-18)25(31)30-16-14-22(15-17-30)29-26(32)28-21-12-10-20(27)11-13-21/h2-13,22H,14-17H2,1H3,(H2,28,29,32). The number of halogens is 1. The lowest BCUT2D eigenvalue weighted by molar-refractivity contribution is 0.0709. The number of ether oxygens (including phenoxy) is 1. The van der Waals surface area contributed by atoms with Crippen LogP contribution < -0.4 is 15.4 Å². The van der Waals surface area contributed by atoms with Crippen LogP contribution in [0.15, 0.2) is 72.8 Å². The van der Waals surface area contributed by atoms with Crippen LogP contribution in [0.1, 0.15) is 23.2 Å². The molecule has 3 aromatic rings. The molecule has 0 unspecified atom stereocenters. The zero-order valence-electron chi connectivity index (χ0n) is 18.4. The smallest absolute Gasteiger partial charge is 0.319 e. The van der Waals surface area contributed by atoms with Crippen LogP contribution in [0.3, 0.4) is 0 Å². The molecule has 2 N–H and O–H groups in total. The first-order valence-electron chi connectivity index (χ1n) is 10.9. The van der Waals surface area contributed by atoms with Crippen molar-refractivity contribution in [2.45, 2.75) is 18.9 Å². The first-order chi connectivity index (χ1) is 16.0. The van der Waals surface area contributed by atoms with Crippen LogP contribution in [0, 0.1) is 0 Å². The van der Waals surface area contributed by atoms with Crippen molar-refractivity contribution < 1.29 is 14.3 Å². The molecule has 3 aromatic carbocycles. The van der Waals surface area contributed by atoms with E-state index in [2.05, 4.69) is 10.6 Å². The van der Waals surface area contributed by atoms with Gasteiger partial charge in [0.15, 0.2) is 0 Å². The molecule has 0 spiro atoms.